The molecule has 0 saturated carbocycles. The van der Waals surface area contributed by atoms with Crippen LogP contribution in [-0.2, 0) is 6.42 Å². The highest BCUT2D eigenvalue weighted by Crippen LogP contribution is 2.22. The summed E-state index contributed by atoms with van der Waals surface area (Å²) in [6.45, 7) is 7.55. The van der Waals surface area contributed by atoms with E-state index in [1.165, 1.54) is 11.1 Å². The molecule has 3 heteroatoms. The summed E-state index contributed by atoms with van der Waals surface area (Å²) in [5.41, 5.74) is 2.62. The van der Waals surface area contributed by atoms with E-state index in [2.05, 4.69) is 50.4 Å². The second-order valence-corrected chi connectivity index (χ2v) is 6.79. The minimum atomic E-state index is 0.132. The van der Waals surface area contributed by atoms with Crippen molar-refractivity contribution in [1.82, 2.24) is 5.32 Å². The Kier molecular flexibility index (Phi) is 6.87. The van der Waals surface area contributed by atoms with Gasteiger partial charge in [-0.25, -0.2) is 0 Å². The number of furan rings is 1. The van der Waals surface area contributed by atoms with Crippen molar-refractivity contribution < 1.29 is 9.52 Å². The zero-order valence-corrected chi connectivity index (χ0v) is 14.5. The fourth-order valence-corrected chi connectivity index (χ4v) is 3.02. The lowest BCUT2D eigenvalue weighted by Gasteiger charge is -2.22. The summed E-state index contributed by atoms with van der Waals surface area (Å²) in [6, 6.07) is 12.5. The molecule has 1 aromatic carbocycles. The largest absolute Gasteiger partial charge is 0.468 e. The van der Waals surface area contributed by atoms with Gasteiger partial charge in [0, 0.05) is 13.2 Å². The predicted molar refractivity (Wildman–Crippen MR) is 94.4 cm³/mol. The Balaban J connectivity index is 2.05. The topological polar surface area (TPSA) is 45.4 Å². The molecule has 0 aliphatic rings. The van der Waals surface area contributed by atoms with Gasteiger partial charge >= 0.3 is 0 Å². The Morgan fingerprint density at radius 2 is 1.91 bits per heavy atom. The van der Waals surface area contributed by atoms with E-state index in [-0.39, 0.29) is 18.6 Å². The molecule has 2 rings (SSSR count). The summed E-state index contributed by atoms with van der Waals surface area (Å²) >= 11 is 0. The molecule has 23 heavy (non-hydrogen) atoms. The number of rotatable bonds is 9. The minimum absolute atomic E-state index is 0.132. The van der Waals surface area contributed by atoms with E-state index < -0.39 is 0 Å². The summed E-state index contributed by atoms with van der Waals surface area (Å²) in [5, 5.41) is 13.2. The fourth-order valence-electron chi connectivity index (χ4n) is 3.02. The van der Waals surface area contributed by atoms with Crippen molar-refractivity contribution in [3.05, 3.63) is 59.5 Å². The van der Waals surface area contributed by atoms with Crippen LogP contribution in [0.4, 0.5) is 0 Å². The molecule has 2 atom stereocenters. The van der Waals surface area contributed by atoms with Crippen molar-refractivity contribution in [2.45, 2.75) is 39.7 Å². The molecule has 0 aliphatic carbocycles. The van der Waals surface area contributed by atoms with Crippen molar-refractivity contribution in [3.8, 4) is 0 Å². The average molecular weight is 315 g/mol. The number of nitrogens with one attached hydrogen (secondary N) is 1. The molecule has 0 saturated heterocycles. The van der Waals surface area contributed by atoms with Crippen molar-refractivity contribution in [1.29, 1.82) is 0 Å². The Morgan fingerprint density at radius 1 is 1.13 bits per heavy atom. The summed E-state index contributed by atoms with van der Waals surface area (Å²) < 4.78 is 5.63. The second-order valence-electron chi connectivity index (χ2n) is 6.79. The summed E-state index contributed by atoms with van der Waals surface area (Å²) in [7, 11) is 0. The maximum Gasteiger partial charge on any atom is 0.121 e. The molecule has 0 radical (unpaired) electrons. The van der Waals surface area contributed by atoms with Crippen molar-refractivity contribution >= 4 is 0 Å². The zero-order chi connectivity index (χ0) is 16.7. The van der Waals surface area contributed by atoms with Crippen LogP contribution in [0, 0.1) is 18.8 Å². The SMILES string of the molecule is Cc1ccccc1CC(NCC(CO)CC(C)C)c1ccco1. The van der Waals surface area contributed by atoms with Crippen LogP contribution in [0.25, 0.3) is 0 Å². The first-order chi connectivity index (χ1) is 11.1. The summed E-state index contributed by atoms with van der Waals surface area (Å²) in [4.78, 5) is 0. The normalized spacial score (nSPS) is 14.1. The first-order valence-corrected chi connectivity index (χ1v) is 8.52. The average Bonchev–Trinajstić information content (AvgIpc) is 3.05. The van der Waals surface area contributed by atoms with Crippen LogP contribution in [0.2, 0.25) is 0 Å². The Hall–Kier alpha value is -1.58. The van der Waals surface area contributed by atoms with E-state index in [1.807, 2.05) is 12.1 Å². The van der Waals surface area contributed by atoms with Crippen LogP contribution in [0.5, 0.6) is 0 Å². The first kappa shape index (κ1) is 17.8. The van der Waals surface area contributed by atoms with Gasteiger partial charge in [0.25, 0.3) is 0 Å². The van der Waals surface area contributed by atoms with Gasteiger partial charge in [-0.1, -0.05) is 38.1 Å². The van der Waals surface area contributed by atoms with Crippen LogP contribution in [0.3, 0.4) is 0 Å². The highest BCUT2D eigenvalue weighted by atomic mass is 16.3. The highest BCUT2D eigenvalue weighted by Gasteiger charge is 2.18. The molecule has 0 aliphatic heterocycles. The van der Waals surface area contributed by atoms with Crippen molar-refractivity contribution in [3.63, 3.8) is 0 Å². The number of aliphatic hydroxyl groups excluding tert-OH is 1. The molecule has 0 bridgehead atoms. The third kappa shape index (κ3) is 5.52. The van der Waals surface area contributed by atoms with Crippen molar-refractivity contribution in [2.75, 3.05) is 13.2 Å². The van der Waals surface area contributed by atoms with Gasteiger partial charge in [0.05, 0.1) is 12.3 Å². The monoisotopic (exact) mass is 315 g/mol. The van der Waals surface area contributed by atoms with E-state index in [0.29, 0.717) is 5.92 Å². The van der Waals surface area contributed by atoms with Gasteiger partial charge in [-0.3, -0.25) is 0 Å². The smallest absolute Gasteiger partial charge is 0.121 e. The number of aryl methyl sites for hydroxylation is 1. The lowest BCUT2D eigenvalue weighted by atomic mass is 9.96. The molecule has 3 nitrogen and oxygen atoms in total. The molecule has 0 fully saturated rings. The predicted octanol–water partition coefficient (Wildman–Crippen LogP) is 4.12. The number of benzene rings is 1. The van der Waals surface area contributed by atoms with Gasteiger partial charge in [-0.15, -0.1) is 0 Å². The van der Waals surface area contributed by atoms with E-state index in [0.717, 1.165) is 25.1 Å². The van der Waals surface area contributed by atoms with Gasteiger partial charge in [-0.05, 0) is 54.9 Å². The Bertz CT molecular complexity index is 563. The molecule has 2 unspecified atom stereocenters. The molecular weight excluding hydrogens is 286 g/mol. The molecule has 0 amide bonds. The number of hydrogen-bond donors (Lipinski definition) is 2. The quantitative estimate of drug-likeness (QED) is 0.732. The molecular formula is C20H29NO2. The minimum Gasteiger partial charge on any atom is -0.468 e. The lowest BCUT2D eigenvalue weighted by molar-refractivity contribution is 0.196. The third-order valence-electron chi connectivity index (χ3n) is 4.29. The van der Waals surface area contributed by atoms with Crippen LogP contribution >= 0.6 is 0 Å². The number of aliphatic hydroxyl groups is 1. The standard InChI is InChI=1S/C20H29NO2/c1-15(2)11-17(14-22)13-21-19(20-9-6-10-23-20)12-18-8-5-4-7-16(18)3/h4-10,15,17,19,21-22H,11-14H2,1-3H3. The molecule has 1 heterocycles. The van der Waals surface area contributed by atoms with Gasteiger partial charge in [0.1, 0.15) is 5.76 Å². The van der Waals surface area contributed by atoms with E-state index >= 15 is 0 Å². The number of hydrogen-bond acceptors (Lipinski definition) is 3. The Labute approximate surface area is 139 Å². The van der Waals surface area contributed by atoms with Gasteiger partial charge in [0.15, 0.2) is 0 Å². The van der Waals surface area contributed by atoms with Gasteiger partial charge in [0.2, 0.25) is 0 Å². The van der Waals surface area contributed by atoms with Crippen LogP contribution in [-0.4, -0.2) is 18.3 Å². The Morgan fingerprint density at radius 3 is 2.52 bits per heavy atom. The second kappa shape index (κ2) is 8.90. The third-order valence-corrected chi connectivity index (χ3v) is 4.29. The van der Waals surface area contributed by atoms with Crippen LogP contribution < -0.4 is 5.32 Å². The summed E-state index contributed by atoms with van der Waals surface area (Å²) in [6.07, 6.45) is 3.64. The molecule has 0 spiro atoms. The molecule has 2 N–H and O–H groups in total. The molecule has 1 aromatic heterocycles. The van der Waals surface area contributed by atoms with Gasteiger partial charge in [-0.2, -0.15) is 0 Å². The summed E-state index contributed by atoms with van der Waals surface area (Å²) in [5.74, 6) is 1.83. The molecule has 126 valence electrons. The van der Waals surface area contributed by atoms with Crippen LogP contribution in [0.1, 0.15) is 43.2 Å². The van der Waals surface area contributed by atoms with E-state index in [1.54, 1.807) is 6.26 Å². The van der Waals surface area contributed by atoms with Crippen molar-refractivity contribution in [2.24, 2.45) is 11.8 Å². The molecule has 2 aromatic rings. The van der Waals surface area contributed by atoms with Gasteiger partial charge < -0.3 is 14.8 Å². The zero-order valence-electron chi connectivity index (χ0n) is 14.5. The van der Waals surface area contributed by atoms with E-state index in [9.17, 15) is 5.11 Å². The maximum atomic E-state index is 9.59. The fraction of sp³-hybridized carbons (Fsp3) is 0.500. The highest BCUT2D eigenvalue weighted by molar-refractivity contribution is 5.27. The van der Waals surface area contributed by atoms with E-state index in [4.69, 9.17) is 4.42 Å². The lowest BCUT2D eigenvalue weighted by Crippen LogP contribution is -2.31. The first-order valence-electron chi connectivity index (χ1n) is 8.52. The van der Waals surface area contributed by atoms with Crippen LogP contribution in [0.15, 0.2) is 47.1 Å². The maximum absolute atomic E-state index is 9.59.